The van der Waals surface area contributed by atoms with Crippen LogP contribution in [-0.4, -0.2) is 15.8 Å². The van der Waals surface area contributed by atoms with E-state index in [4.69, 9.17) is 0 Å². The lowest BCUT2D eigenvalue weighted by molar-refractivity contribution is -0.141. The van der Waals surface area contributed by atoms with Gasteiger partial charge in [-0.2, -0.15) is 13.2 Å². The van der Waals surface area contributed by atoms with Crippen LogP contribution in [0.4, 0.5) is 13.2 Å². The maximum atomic E-state index is 13.1. The summed E-state index contributed by atoms with van der Waals surface area (Å²) in [5.74, 6) is -0.587. The number of carbonyl (C=O) groups is 1. The molecule has 23 heavy (non-hydrogen) atoms. The predicted molar refractivity (Wildman–Crippen MR) is 79.4 cm³/mol. The second-order valence-electron chi connectivity index (χ2n) is 6.38. The van der Waals surface area contributed by atoms with Gasteiger partial charge in [0.05, 0.1) is 5.39 Å². The zero-order valence-electron chi connectivity index (χ0n) is 12.9. The number of hydrogen-bond donors (Lipinski definition) is 1. The Labute approximate surface area is 130 Å². The van der Waals surface area contributed by atoms with Crippen LogP contribution >= 0.6 is 0 Å². The molecule has 8 heteroatoms. The maximum absolute atomic E-state index is 13.1. The van der Waals surface area contributed by atoms with Gasteiger partial charge in [-0.15, -0.1) is 9.89 Å². The van der Waals surface area contributed by atoms with Crippen molar-refractivity contribution in [2.24, 2.45) is 5.41 Å². The second kappa shape index (κ2) is 5.68. The highest BCUT2D eigenvalue weighted by atomic mass is 19.4. The standard InChI is InChI=1S/C15H16F3N3O2/c1-14(2,3)8-11(22)19-21-13(23)10-7-5-4-6-9(10)12(20-21)15(16,17)18/h4-7H,8H2,1-3H3,(H,19,22). The first-order valence-electron chi connectivity index (χ1n) is 6.88. The molecule has 5 nitrogen and oxygen atoms in total. The molecule has 0 unspecified atom stereocenters. The Bertz CT molecular complexity index is 804. The Morgan fingerprint density at radius 3 is 2.26 bits per heavy atom. The maximum Gasteiger partial charge on any atom is 0.435 e. The van der Waals surface area contributed by atoms with Gasteiger partial charge in [0, 0.05) is 11.8 Å². The van der Waals surface area contributed by atoms with Crippen molar-refractivity contribution in [3.05, 3.63) is 40.3 Å². The van der Waals surface area contributed by atoms with Gasteiger partial charge in [0.1, 0.15) is 0 Å². The minimum absolute atomic E-state index is 0.0370. The monoisotopic (exact) mass is 327 g/mol. The molecule has 1 aromatic heterocycles. The largest absolute Gasteiger partial charge is 0.435 e. The summed E-state index contributed by atoms with van der Waals surface area (Å²) >= 11 is 0. The number of halogens is 3. The average molecular weight is 327 g/mol. The molecule has 1 N–H and O–H groups in total. The Morgan fingerprint density at radius 1 is 1.17 bits per heavy atom. The molecule has 0 aliphatic heterocycles. The van der Waals surface area contributed by atoms with Crippen molar-refractivity contribution in [1.82, 2.24) is 9.89 Å². The smallest absolute Gasteiger partial charge is 0.273 e. The predicted octanol–water partition coefficient (Wildman–Crippen LogP) is 2.92. The van der Waals surface area contributed by atoms with Gasteiger partial charge in [0.25, 0.3) is 5.56 Å². The molecule has 1 heterocycles. The molecule has 0 aliphatic carbocycles. The van der Waals surface area contributed by atoms with E-state index in [1.54, 1.807) is 20.8 Å². The molecule has 0 bridgehead atoms. The van der Waals surface area contributed by atoms with Crippen LogP contribution in [0.25, 0.3) is 10.8 Å². The van der Waals surface area contributed by atoms with Crippen LogP contribution in [-0.2, 0) is 11.0 Å². The lowest BCUT2D eigenvalue weighted by Crippen LogP contribution is -2.38. The molecular formula is C15H16F3N3O2. The van der Waals surface area contributed by atoms with Crippen molar-refractivity contribution in [3.63, 3.8) is 0 Å². The van der Waals surface area contributed by atoms with Crippen LogP contribution in [0.15, 0.2) is 29.1 Å². The summed E-state index contributed by atoms with van der Waals surface area (Å²) in [7, 11) is 0. The number of hydrogen-bond acceptors (Lipinski definition) is 3. The van der Waals surface area contributed by atoms with Crippen LogP contribution in [0.2, 0.25) is 0 Å². The van der Waals surface area contributed by atoms with Crippen LogP contribution in [0, 0.1) is 5.41 Å². The highest BCUT2D eigenvalue weighted by Crippen LogP contribution is 2.31. The van der Waals surface area contributed by atoms with Gasteiger partial charge in [-0.3, -0.25) is 9.59 Å². The number of aromatic nitrogens is 2. The van der Waals surface area contributed by atoms with E-state index < -0.39 is 23.3 Å². The molecule has 0 atom stereocenters. The van der Waals surface area contributed by atoms with Gasteiger partial charge in [-0.25, -0.2) is 5.43 Å². The van der Waals surface area contributed by atoms with Crippen molar-refractivity contribution in [2.75, 3.05) is 5.43 Å². The molecule has 0 saturated heterocycles. The number of carbonyl (C=O) groups excluding carboxylic acids is 1. The normalized spacial score (nSPS) is 12.4. The van der Waals surface area contributed by atoms with E-state index in [1.807, 2.05) is 0 Å². The molecular weight excluding hydrogens is 311 g/mol. The zero-order chi connectivity index (χ0) is 17.4. The van der Waals surface area contributed by atoms with E-state index in [2.05, 4.69) is 10.5 Å². The first-order valence-corrected chi connectivity index (χ1v) is 6.88. The van der Waals surface area contributed by atoms with Gasteiger partial charge in [-0.05, 0) is 11.5 Å². The van der Waals surface area contributed by atoms with Gasteiger partial charge in [0.15, 0.2) is 5.69 Å². The van der Waals surface area contributed by atoms with Crippen molar-refractivity contribution >= 4 is 16.7 Å². The Kier molecular flexibility index (Phi) is 4.19. The number of fused-ring (bicyclic) bond motifs is 1. The zero-order valence-corrected chi connectivity index (χ0v) is 12.9. The molecule has 0 fully saturated rings. The van der Waals surface area contributed by atoms with E-state index in [1.165, 1.54) is 24.3 Å². The van der Waals surface area contributed by atoms with Gasteiger partial charge < -0.3 is 0 Å². The number of benzene rings is 1. The molecule has 1 aromatic carbocycles. The van der Waals surface area contributed by atoms with E-state index in [9.17, 15) is 22.8 Å². The lowest BCUT2D eigenvalue weighted by Gasteiger charge is -2.18. The number of rotatable bonds is 2. The molecule has 0 saturated carbocycles. The molecule has 0 spiro atoms. The van der Waals surface area contributed by atoms with Crippen molar-refractivity contribution in [2.45, 2.75) is 33.4 Å². The third kappa shape index (κ3) is 3.88. The first-order chi connectivity index (χ1) is 10.5. The summed E-state index contributed by atoms with van der Waals surface area (Å²) in [5, 5.41) is 2.83. The molecule has 2 rings (SSSR count). The third-order valence-electron chi connectivity index (χ3n) is 2.99. The van der Waals surface area contributed by atoms with Crippen LogP contribution in [0.1, 0.15) is 32.9 Å². The Balaban J connectivity index is 2.55. The molecule has 1 amide bonds. The van der Waals surface area contributed by atoms with Gasteiger partial charge >= 0.3 is 6.18 Å². The fourth-order valence-electron chi connectivity index (χ4n) is 2.11. The number of amides is 1. The second-order valence-corrected chi connectivity index (χ2v) is 6.38. The van der Waals surface area contributed by atoms with E-state index in [-0.39, 0.29) is 22.6 Å². The summed E-state index contributed by atoms with van der Waals surface area (Å²) in [4.78, 5) is 24.5. The lowest BCUT2D eigenvalue weighted by atomic mass is 9.92. The Hall–Kier alpha value is -2.38. The molecule has 0 radical (unpaired) electrons. The van der Waals surface area contributed by atoms with Crippen LogP contribution < -0.4 is 11.0 Å². The van der Waals surface area contributed by atoms with E-state index >= 15 is 0 Å². The van der Waals surface area contributed by atoms with Gasteiger partial charge in [0.2, 0.25) is 5.91 Å². The summed E-state index contributed by atoms with van der Waals surface area (Å²) in [6.45, 7) is 5.39. The summed E-state index contributed by atoms with van der Waals surface area (Å²) in [6.07, 6.45) is -4.71. The Morgan fingerprint density at radius 2 is 1.74 bits per heavy atom. The van der Waals surface area contributed by atoms with Crippen molar-refractivity contribution < 1.29 is 18.0 Å². The number of alkyl halides is 3. The summed E-state index contributed by atoms with van der Waals surface area (Å²) in [6, 6.07) is 5.28. The minimum atomic E-state index is -4.75. The van der Waals surface area contributed by atoms with Crippen molar-refractivity contribution in [3.8, 4) is 0 Å². The third-order valence-corrected chi connectivity index (χ3v) is 2.99. The highest BCUT2D eigenvalue weighted by molar-refractivity contribution is 5.86. The fraction of sp³-hybridized carbons (Fsp3) is 0.400. The van der Waals surface area contributed by atoms with E-state index in [0.29, 0.717) is 4.79 Å². The topological polar surface area (TPSA) is 64.0 Å². The van der Waals surface area contributed by atoms with Crippen LogP contribution in [0.3, 0.4) is 0 Å². The summed E-state index contributed by atoms with van der Waals surface area (Å²) in [5.41, 5.74) is -0.280. The highest BCUT2D eigenvalue weighted by Gasteiger charge is 2.36. The minimum Gasteiger partial charge on any atom is -0.273 e. The van der Waals surface area contributed by atoms with E-state index in [0.717, 1.165) is 0 Å². The average Bonchev–Trinajstić information content (AvgIpc) is 2.38. The quantitative estimate of drug-likeness (QED) is 0.922. The number of nitrogens with zero attached hydrogens (tertiary/aromatic N) is 2. The molecule has 124 valence electrons. The van der Waals surface area contributed by atoms with Crippen LogP contribution in [0.5, 0.6) is 0 Å². The summed E-state index contributed by atoms with van der Waals surface area (Å²) < 4.78 is 39.4. The fourth-order valence-corrected chi connectivity index (χ4v) is 2.11. The molecule has 2 aromatic rings. The molecule has 0 aliphatic rings. The van der Waals surface area contributed by atoms with Gasteiger partial charge in [-0.1, -0.05) is 39.0 Å². The number of nitrogens with one attached hydrogen (secondary N) is 1. The van der Waals surface area contributed by atoms with Crippen molar-refractivity contribution in [1.29, 1.82) is 0 Å². The first kappa shape index (κ1) is 17.0. The SMILES string of the molecule is CC(C)(C)CC(=O)Nn1nc(C(F)(F)F)c2ccccc2c1=O.